The summed E-state index contributed by atoms with van der Waals surface area (Å²) in [6.07, 6.45) is 3.72. The molecule has 1 aliphatic rings. The van der Waals surface area contributed by atoms with Crippen LogP contribution in [0.4, 0.5) is 0 Å². The van der Waals surface area contributed by atoms with Gasteiger partial charge in [-0.25, -0.2) is 0 Å². The van der Waals surface area contributed by atoms with E-state index in [-0.39, 0.29) is 0 Å². The van der Waals surface area contributed by atoms with Crippen LogP contribution in [-0.2, 0) is 6.54 Å². The Hall–Kier alpha value is -1.33. The smallest absolute Gasteiger partial charge is 0.159 e. The second-order valence-corrected chi connectivity index (χ2v) is 4.84. The fourth-order valence-corrected chi connectivity index (χ4v) is 2.61. The summed E-state index contributed by atoms with van der Waals surface area (Å²) < 4.78 is 1.96. The number of thioether (sulfide) groups is 1. The van der Waals surface area contributed by atoms with Crippen LogP contribution in [0.3, 0.4) is 0 Å². The molecule has 0 saturated heterocycles. The molecule has 6 heteroatoms. The van der Waals surface area contributed by atoms with Crippen LogP contribution >= 0.6 is 23.4 Å². The highest BCUT2D eigenvalue weighted by atomic mass is 35.5. The Labute approximate surface area is 108 Å². The van der Waals surface area contributed by atoms with E-state index in [2.05, 4.69) is 15.2 Å². The third kappa shape index (κ3) is 1.75. The van der Waals surface area contributed by atoms with Gasteiger partial charge in [-0.2, -0.15) is 0 Å². The Morgan fingerprint density at radius 2 is 2.29 bits per heavy atom. The van der Waals surface area contributed by atoms with Gasteiger partial charge in [0.05, 0.1) is 5.69 Å². The first-order valence-electron chi connectivity index (χ1n) is 5.07. The van der Waals surface area contributed by atoms with Gasteiger partial charge < -0.3 is 0 Å². The predicted molar refractivity (Wildman–Crippen MR) is 70.1 cm³/mol. The second-order valence-electron chi connectivity index (χ2n) is 3.60. The van der Waals surface area contributed by atoms with Crippen molar-refractivity contribution in [3.05, 3.63) is 40.9 Å². The number of nitrogens with zero attached hydrogens (tertiary/aromatic N) is 4. The summed E-state index contributed by atoms with van der Waals surface area (Å²) in [6.45, 7) is 0.544. The summed E-state index contributed by atoms with van der Waals surface area (Å²) in [5, 5.41) is 9.68. The summed E-state index contributed by atoms with van der Waals surface area (Å²) in [6, 6.07) is 5.77. The minimum Gasteiger partial charge on any atom is -0.283 e. The van der Waals surface area contributed by atoms with E-state index in [9.17, 15) is 0 Å². The number of hydrogen-bond acceptors (Lipinski definition) is 4. The number of aromatic nitrogens is 3. The molecule has 1 aromatic carbocycles. The van der Waals surface area contributed by atoms with Gasteiger partial charge >= 0.3 is 0 Å². The maximum Gasteiger partial charge on any atom is 0.159 e. The van der Waals surface area contributed by atoms with Crippen molar-refractivity contribution < 1.29 is 0 Å². The third-order valence-electron chi connectivity index (χ3n) is 2.62. The molecular weight excluding hydrogens is 256 g/mol. The van der Waals surface area contributed by atoms with E-state index >= 15 is 0 Å². The quantitative estimate of drug-likeness (QED) is 0.734. The van der Waals surface area contributed by atoms with Gasteiger partial charge in [0, 0.05) is 10.6 Å². The topological polar surface area (TPSA) is 43.1 Å². The molecule has 1 aromatic heterocycles. The summed E-state index contributed by atoms with van der Waals surface area (Å²) in [5.74, 6) is 0.845. The second kappa shape index (κ2) is 4.16. The minimum atomic E-state index is 0.544. The van der Waals surface area contributed by atoms with Crippen LogP contribution in [-0.4, -0.2) is 26.1 Å². The molecule has 17 heavy (non-hydrogen) atoms. The predicted octanol–water partition coefficient (Wildman–Crippen LogP) is 2.54. The van der Waals surface area contributed by atoms with Crippen LogP contribution in [0, 0.1) is 0 Å². The molecule has 0 radical (unpaired) electrons. The normalized spacial score (nSPS) is 13.6. The molecule has 0 spiro atoms. The monoisotopic (exact) mass is 264 g/mol. The Kier molecular flexibility index (Phi) is 2.64. The zero-order valence-electron chi connectivity index (χ0n) is 9.09. The molecule has 0 bridgehead atoms. The van der Waals surface area contributed by atoms with Crippen LogP contribution < -0.4 is 0 Å². The summed E-state index contributed by atoms with van der Waals surface area (Å²) in [4.78, 5) is 4.54. The van der Waals surface area contributed by atoms with Crippen molar-refractivity contribution in [1.82, 2.24) is 14.8 Å². The number of hydrogen-bond donors (Lipinski definition) is 0. The van der Waals surface area contributed by atoms with Crippen molar-refractivity contribution in [3.63, 3.8) is 0 Å². The first-order chi connectivity index (χ1) is 8.29. The first kappa shape index (κ1) is 10.8. The van der Waals surface area contributed by atoms with Crippen molar-refractivity contribution in [2.45, 2.75) is 6.54 Å². The van der Waals surface area contributed by atoms with Crippen molar-refractivity contribution in [2.24, 2.45) is 4.99 Å². The van der Waals surface area contributed by atoms with Crippen molar-refractivity contribution in [1.29, 1.82) is 0 Å². The largest absolute Gasteiger partial charge is 0.283 e. The Bertz CT molecular complexity index is 605. The fraction of sp³-hybridized carbons (Fsp3) is 0.182. The van der Waals surface area contributed by atoms with E-state index in [1.54, 1.807) is 18.1 Å². The lowest BCUT2D eigenvalue weighted by molar-refractivity contribution is 0.871. The maximum atomic E-state index is 6.05. The van der Waals surface area contributed by atoms with E-state index in [4.69, 9.17) is 11.6 Å². The highest BCUT2D eigenvalue weighted by Gasteiger charge is 2.17. The SMILES string of the molecule is CSC1=NCc2nncn2-c2ccc(Cl)cc21. The highest BCUT2D eigenvalue weighted by Crippen LogP contribution is 2.27. The molecule has 3 rings (SSSR count). The molecule has 2 heterocycles. The van der Waals surface area contributed by atoms with E-state index in [0.29, 0.717) is 11.6 Å². The average molecular weight is 265 g/mol. The minimum absolute atomic E-state index is 0.544. The van der Waals surface area contributed by atoms with Crippen LogP contribution in [0.25, 0.3) is 5.69 Å². The lowest BCUT2D eigenvalue weighted by Crippen LogP contribution is -2.02. The highest BCUT2D eigenvalue weighted by molar-refractivity contribution is 8.13. The maximum absolute atomic E-state index is 6.05. The molecule has 0 fully saturated rings. The van der Waals surface area contributed by atoms with Crippen LogP contribution in [0.5, 0.6) is 0 Å². The molecule has 4 nitrogen and oxygen atoms in total. The zero-order valence-corrected chi connectivity index (χ0v) is 10.7. The van der Waals surface area contributed by atoms with Gasteiger partial charge in [-0.05, 0) is 24.5 Å². The molecule has 2 aromatic rings. The van der Waals surface area contributed by atoms with Crippen molar-refractivity contribution in [3.8, 4) is 5.69 Å². The fourth-order valence-electron chi connectivity index (χ4n) is 1.86. The molecular formula is C11H9ClN4S. The summed E-state index contributed by atoms with van der Waals surface area (Å²) in [7, 11) is 0. The standard InChI is InChI=1S/C11H9ClN4S/c1-17-11-8-4-7(12)2-3-9(8)16-6-14-15-10(16)5-13-11/h2-4,6H,5H2,1H3. The summed E-state index contributed by atoms with van der Waals surface area (Å²) in [5.41, 5.74) is 2.06. The number of halogens is 1. The molecule has 0 atom stereocenters. The lowest BCUT2D eigenvalue weighted by atomic mass is 10.2. The molecule has 0 N–H and O–H groups in total. The third-order valence-corrected chi connectivity index (χ3v) is 3.60. The molecule has 0 aliphatic carbocycles. The van der Waals surface area contributed by atoms with E-state index in [1.807, 2.05) is 29.0 Å². The molecule has 0 unspecified atom stereocenters. The zero-order chi connectivity index (χ0) is 11.8. The molecule has 0 saturated carbocycles. The van der Waals surface area contributed by atoms with Crippen molar-refractivity contribution >= 4 is 28.4 Å². The van der Waals surface area contributed by atoms with Crippen LogP contribution in [0.2, 0.25) is 5.02 Å². The summed E-state index contributed by atoms with van der Waals surface area (Å²) >= 11 is 7.66. The van der Waals surface area contributed by atoms with E-state index in [0.717, 1.165) is 22.1 Å². The van der Waals surface area contributed by atoms with Gasteiger partial charge in [0.1, 0.15) is 17.9 Å². The van der Waals surface area contributed by atoms with Gasteiger partial charge in [-0.15, -0.1) is 22.0 Å². The molecule has 86 valence electrons. The Balaban J connectivity index is 2.30. The first-order valence-corrected chi connectivity index (χ1v) is 6.67. The van der Waals surface area contributed by atoms with Gasteiger partial charge in [-0.3, -0.25) is 9.56 Å². The molecule has 1 aliphatic heterocycles. The van der Waals surface area contributed by atoms with Gasteiger partial charge in [0.25, 0.3) is 0 Å². The van der Waals surface area contributed by atoms with Gasteiger partial charge in [0.15, 0.2) is 5.82 Å². The number of fused-ring (bicyclic) bond motifs is 3. The Morgan fingerprint density at radius 3 is 3.12 bits per heavy atom. The number of rotatable bonds is 0. The number of aliphatic imine (C=N–C) groups is 1. The molecule has 0 amide bonds. The van der Waals surface area contributed by atoms with Crippen LogP contribution in [0.15, 0.2) is 29.5 Å². The number of benzene rings is 1. The van der Waals surface area contributed by atoms with Crippen LogP contribution in [0.1, 0.15) is 11.4 Å². The van der Waals surface area contributed by atoms with Crippen molar-refractivity contribution in [2.75, 3.05) is 6.26 Å². The average Bonchev–Trinajstić information content (AvgIpc) is 2.73. The Morgan fingerprint density at radius 1 is 1.41 bits per heavy atom. The van der Waals surface area contributed by atoms with E-state index < -0.39 is 0 Å². The van der Waals surface area contributed by atoms with Gasteiger partial charge in [0.2, 0.25) is 0 Å². The lowest BCUT2D eigenvalue weighted by Gasteiger charge is -2.09. The van der Waals surface area contributed by atoms with E-state index in [1.165, 1.54) is 0 Å². The van der Waals surface area contributed by atoms with Gasteiger partial charge in [-0.1, -0.05) is 11.6 Å².